The molecule has 3 rings (SSSR count). The van der Waals surface area contributed by atoms with Crippen LogP contribution in [0.1, 0.15) is 29.9 Å². The summed E-state index contributed by atoms with van der Waals surface area (Å²) in [7, 11) is -1.28. The number of fused-ring (bicyclic) bond motifs is 1. The van der Waals surface area contributed by atoms with Crippen LogP contribution >= 0.6 is 0 Å². The van der Waals surface area contributed by atoms with E-state index in [-0.39, 0.29) is 23.7 Å². The highest BCUT2D eigenvalue weighted by molar-refractivity contribution is 6.76. The van der Waals surface area contributed by atoms with E-state index in [1.54, 1.807) is 0 Å². The molecule has 0 saturated heterocycles. The SMILES string of the molecule is C[Si](C)(C)CCOCn1cc(C(F)(F)F)c2c(C3CC3)cc[n+]([O-])c21. The molecule has 0 bridgehead atoms. The maximum Gasteiger partial charge on any atom is 0.420 e. The molecule has 138 valence electrons. The molecule has 1 aliphatic rings. The highest BCUT2D eigenvalue weighted by Gasteiger charge is 2.41. The number of ether oxygens (including phenoxy) is 1. The molecular weight excluding hydrogens is 349 g/mol. The molecule has 25 heavy (non-hydrogen) atoms. The topological polar surface area (TPSA) is 41.1 Å². The van der Waals surface area contributed by atoms with E-state index >= 15 is 0 Å². The van der Waals surface area contributed by atoms with Crippen molar-refractivity contribution in [3.63, 3.8) is 0 Å². The predicted octanol–water partition coefficient (Wildman–Crippen LogP) is 4.48. The summed E-state index contributed by atoms with van der Waals surface area (Å²) in [6.07, 6.45) is -0.450. The van der Waals surface area contributed by atoms with Gasteiger partial charge in [0.1, 0.15) is 11.8 Å². The van der Waals surface area contributed by atoms with Crippen LogP contribution in [0.4, 0.5) is 13.2 Å². The fraction of sp³-hybridized carbons (Fsp3) is 0.588. The monoisotopic (exact) mass is 372 g/mol. The van der Waals surface area contributed by atoms with Crippen molar-refractivity contribution in [1.82, 2.24) is 4.57 Å². The number of rotatable bonds is 6. The minimum Gasteiger partial charge on any atom is -0.711 e. The van der Waals surface area contributed by atoms with E-state index in [1.165, 1.54) is 16.8 Å². The third-order valence-electron chi connectivity index (χ3n) is 4.49. The van der Waals surface area contributed by atoms with Gasteiger partial charge in [0.05, 0.1) is 11.6 Å². The standard InChI is InChI=1S/C17H23F3N2O2Si/c1-25(2,3)9-8-24-11-21-10-14(17(18,19)20)15-13(12-4-5-12)6-7-22(23)16(15)21/h6-7,10,12H,4-5,8-9,11H2,1-3H3. The van der Waals surface area contributed by atoms with Gasteiger partial charge in [0, 0.05) is 14.7 Å². The summed E-state index contributed by atoms with van der Waals surface area (Å²) in [6.45, 7) is 7.05. The lowest BCUT2D eigenvalue weighted by atomic mass is 10.1. The molecule has 2 aromatic heterocycles. The first-order chi connectivity index (χ1) is 11.6. The highest BCUT2D eigenvalue weighted by Crippen LogP contribution is 2.46. The summed E-state index contributed by atoms with van der Waals surface area (Å²) in [4.78, 5) is 0. The van der Waals surface area contributed by atoms with Gasteiger partial charge >= 0.3 is 6.18 Å². The molecule has 1 aliphatic carbocycles. The van der Waals surface area contributed by atoms with E-state index in [1.807, 2.05) is 0 Å². The van der Waals surface area contributed by atoms with Gasteiger partial charge in [0.15, 0.2) is 6.73 Å². The van der Waals surface area contributed by atoms with E-state index in [4.69, 9.17) is 4.74 Å². The molecular formula is C17H23F3N2O2Si. The quantitative estimate of drug-likeness (QED) is 0.325. The zero-order chi connectivity index (χ0) is 18.4. The molecule has 0 aromatic carbocycles. The second kappa shape index (κ2) is 6.32. The van der Waals surface area contributed by atoms with Crippen LogP contribution in [0, 0.1) is 5.21 Å². The van der Waals surface area contributed by atoms with Crippen LogP contribution in [0.2, 0.25) is 25.7 Å². The average molecular weight is 372 g/mol. The van der Waals surface area contributed by atoms with E-state index in [0.717, 1.165) is 25.1 Å². The Labute approximate surface area is 145 Å². The lowest BCUT2D eigenvalue weighted by Crippen LogP contribution is -2.29. The van der Waals surface area contributed by atoms with Crippen LogP contribution in [0.3, 0.4) is 0 Å². The van der Waals surface area contributed by atoms with E-state index in [2.05, 4.69) is 19.6 Å². The Morgan fingerprint density at radius 1 is 1.32 bits per heavy atom. The van der Waals surface area contributed by atoms with Crippen molar-refractivity contribution in [1.29, 1.82) is 0 Å². The van der Waals surface area contributed by atoms with Crippen molar-refractivity contribution < 1.29 is 22.6 Å². The van der Waals surface area contributed by atoms with E-state index < -0.39 is 19.8 Å². The van der Waals surface area contributed by atoms with Crippen LogP contribution in [-0.4, -0.2) is 19.2 Å². The van der Waals surface area contributed by atoms with E-state index in [0.29, 0.717) is 16.9 Å². The Balaban J connectivity index is 1.97. The maximum atomic E-state index is 13.5. The molecule has 0 aliphatic heterocycles. The average Bonchev–Trinajstić information content (AvgIpc) is 3.22. The van der Waals surface area contributed by atoms with Gasteiger partial charge in [-0.1, -0.05) is 19.6 Å². The molecule has 1 fully saturated rings. The third kappa shape index (κ3) is 4.00. The first-order valence-electron chi connectivity index (χ1n) is 8.48. The van der Waals surface area contributed by atoms with Crippen LogP contribution in [0.5, 0.6) is 0 Å². The Bertz CT molecular complexity index is 777. The summed E-state index contributed by atoms with van der Waals surface area (Å²) in [5.74, 6) is 0.119. The minimum absolute atomic E-state index is 0.0290. The van der Waals surface area contributed by atoms with Gasteiger partial charge in [0.25, 0.3) is 5.65 Å². The van der Waals surface area contributed by atoms with Crippen LogP contribution in [0.15, 0.2) is 18.5 Å². The van der Waals surface area contributed by atoms with Crippen molar-refractivity contribution in [3.05, 3.63) is 34.8 Å². The molecule has 0 amide bonds. The summed E-state index contributed by atoms with van der Waals surface area (Å²) >= 11 is 0. The van der Waals surface area contributed by atoms with Crippen molar-refractivity contribution in [3.8, 4) is 0 Å². The summed E-state index contributed by atoms with van der Waals surface area (Å²) in [5.41, 5.74) is -0.0941. The molecule has 0 radical (unpaired) electrons. The minimum atomic E-state index is -4.50. The van der Waals surface area contributed by atoms with Gasteiger partial charge in [-0.25, -0.2) is 9.30 Å². The zero-order valence-corrected chi connectivity index (χ0v) is 15.7. The van der Waals surface area contributed by atoms with Gasteiger partial charge in [0.2, 0.25) is 0 Å². The highest BCUT2D eigenvalue weighted by atomic mass is 28.3. The maximum absolute atomic E-state index is 13.5. The molecule has 0 N–H and O–H groups in total. The van der Waals surface area contributed by atoms with Crippen LogP contribution in [0.25, 0.3) is 11.0 Å². The van der Waals surface area contributed by atoms with Gasteiger partial charge in [-0.2, -0.15) is 13.2 Å². The van der Waals surface area contributed by atoms with Crippen LogP contribution < -0.4 is 4.73 Å². The molecule has 0 spiro atoms. The Morgan fingerprint density at radius 3 is 2.56 bits per heavy atom. The molecule has 8 heteroatoms. The lowest BCUT2D eigenvalue weighted by Gasteiger charge is -2.15. The first kappa shape index (κ1) is 18.3. The molecule has 1 saturated carbocycles. The summed E-state index contributed by atoms with van der Waals surface area (Å²) < 4.78 is 47.9. The Morgan fingerprint density at radius 2 is 2.00 bits per heavy atom. The number of hydrogen-bond acceptors (Lipinski definition) is 2. The van der Waals surface area contributed by atoms with Gasteiger partial charge in [-0.05, 0) is 36.4 Å². The summed E-state index contributed by atoms with van der Waals surface area (Å²) in [6, 6.07) is 2.45. The number of aromatic nitrogens is 2. The predicted molar refractivity (Wildman–Crippen MR) is 92.0 cm³/mol. The second-order valence-corrected chi connectivity index (χ2v) is 13.5. The summed E-state index contributed by atoms with van der Waals surface area (Å²) in [5, 5.41) is 12.2. The van der Waals surface area contributed by atoms with Crippen molar-refractivity contribution in [2.45, 2.75) is 57.4 Å². The third-order valence-corrected chi connectivity index (χ3v) is 6.19. The molecule has 0 atom stereocenters. The molecule has 4 nitrogen and oxygen atoms in total. The van der Waals surface area contributed by atoms with Gasteiger partial charge in [-0.15, -0.1) is 0 Å². The van der Waals surface area contributed by atoms with E-state index in [9.17, 15) is 18.4 Å². The van der Waals surface area contributed by atoms with Gasteiger partial charge < -0.3 is 9.94 Å². The van der Waals surface area contributed by atoms with Crippen molar-refractivity contribution >= 4 is 19.1 Å². The van der Waals surface area contributed by atoms with Crippen molar-refractivity contribution in [2.75, 3.05) is 6.61 Å². The molecule has 0 unspecified atom stereocenters. The number of halogens is 3. The fourth-order valence-electron chi connectivity index (χ4n) is 2.96. The van der Waals surface area contributed by atoms with Crippen LogP contribution in [-0.2, 0) is 17.6 Å². The zero-order valence-electron chi connectivity index (χ0n) is 14.7. The second-order valence-electron chi connectivity index (χ2n) is 7.93. The lowest BCUT2D eigenvalue weighted by molar-refractivity contribution is -0.580. The largest absolute Gasteiger partial charge is 0.711 e. The first-order valence-corrected chi connectivity index (χ1v) is 12.2. The number of alkyl halides is 3. The van der Waals surface area contributed by atoms with Crippen molar-refractivity contribution in [2.24, 2.45) is 0 Å². The normalized spacial score (nSPS) is 15.9. The Hall–Kier alpha value is -1.54. The molecule has 2 aromatic rings. The number of nitrogens with zero attached hydrogens (tertiary/aromatic N) is 2. The Kier molecular flexibility index (Phi) is 4.61. The number of hydrogen-bond donors (Lipinski definition) is 0. The fourth-order valence-corrected chi connectivity index (χ4v) is 3.71. The molecule has 2 heterocycles. The number of pyridine rings is 1. The van der Waals surface area contributed by atoms with Gasteiger partial charge in [-0.3, -0.25) is 0 Å². The smallest absolute Gasteiger partial charge is 0.420 e.